The van der Waals surface area contributed by atoms with Gasteiger partial charge in [-0.1, -0.05) is 0 Å². The molecule has 8 N–H and O–H groups in total. The zero-order valence-corrected chi connectivity index (χ0v) is 16.8. The second-order valence-corrected chi connectivity index (χ2v) is 9.95. The van der Waals surface area contributed by atoms with Crippen LogP contribution in [-0.2, 0) is 31.6 Å². The van der Waals surface area contributed by atoms with Gasteiger partial charge in [-0.3, -0.25) is 18.9 Å². The first-order chi connectivity index (χ1) is 13.5. The molecule has 172 valence electrons. The van der Waals surface area contributed by atoms with Crippen molar-refractivity contribution in [3.05, 3.63) is 33.1 Å². The maximum atomic E-state index is 11.8. The third kappa shape index (κ3) is 6.46. The van der Waals surface area contributed by atoms with Crippen LogP contribution in [0.5, 0.6) is 0 Å². The number of nitrogens with zero attached hydrogens (tertiary/aromatic N) is 1. The molecule has 1 aromatic heterocycles. The Morgan fingerprint density at radius 3 is 2.17 bits per heavy atom. The van der Waals surface area contributed by atoms with Gasteiger partial charge in [0.25, 0.3) is 5.56 Å². The van der Waals surface area contributed by atoms with Crippen LogP contribution in [-0.4, -0.2) is 69.0 Å². The van der Waals surface area contributed by atoms with Crippen LogP contribution in [0.2, 0.25) is 0 Å². The minimum absolute atomic E-state index is 0.604. The SMILES string of the molecule is O=c1ccn([C@@H]2O[C@H](C(O)OP(=O)(O)OP(=O)(O)OP(=O)(O)O)[C@@H](O)[C@H]2O)c(=O)[nH]1. The lowest BCUT2D eigenvalue weighted by Crippen LogP contribution is -2.40. The van der Waals surface area contributed by atoms with Gasteiger partial charge < -0.3 is 39.6 Å². The molecule has 0 bridgehead atoms. The van der Waals surface area contributed by atoms with Gasteiger partial charge in [-0.05, 0) is 0 Å². The van der Waals surface area contributed by atoms with Crippen LogP contribution < -0.4 is 11.2 Å². The zero-order valence-electron chi connectivity index (χ0n) is 14.1. The molecule has 30 heavy (non-hydrogen) atoms. The van der Waals surface area contributed by atoms with Crippen molar-refractivity contribution in [2.75, 3.05) is 0 Å². The highest BCUT2D eigenvalue weighted by atomic mass is 31.3. The first-order valence-electron chi connectivity index (χ1n) is 7.35. The summed E-state index contributed by atoms with van der Waals surface area (Å²) in [6.07, 6.45) is -9.53. The number of nitrogens with one attached hydrogen (secondary N) is 1. The molecule has 1 aliphatic rings. The molecule has 3 unspecified atom stereocenters. The van der Waals surface area contributed by atoms with E-state index in [4.69, 9.17) is 19.4 Å². The number of aliphatic hydroxyl groups is 3. The molecule has 0 spiro atoms. The Bertz CT molecular complexity index is 1030. The van der Waals surface area contributed by atoms with Gasteiger partial charge in [0, 0.05) is 12.3 Å². The smallest absolute Gasteiger partial charge is 0.387 e. The monoisotopic (exact) mass is 500 g/mol. The fourth-order valence-electron chi connectivity index (χ4n) is 2.27. The van der Waals surface area contributed by atoms with Gasteiger partial charge in [0.2, 0.25) is 0 Å². The number of ether oxygens (including phenoxy) is 1. The summed E-state index contributed by atoms with van der Waals surface area (Å²) in [7, 11) is -17.3. The number of rotatable bonds is 8. The van der Waals surface area contributed by atoms with Crippen LogP contribution in [0, 0.1) is 0 Å². The minimum atomic E-state index is -5.87. The summed E-state index contributed by atoms with van der Waals surface area (Å²) in [5.74, 6) is 0. The molecule has 21 heteroatoms. The molecule has 0 amide bonds. The molecule has 2 heterocycles. The van der Waals surface area contributed by atoms with E-state index in [1.165, 1.54) is 0 Å². The van der Waals surface area contributed by atoms with Crippen LogP contribution >= 0.6 is 23.5 Å². The molecular formula is C9H15N2O16P3. The minimum Gasteiger partial charge on any atom is -0.387 e. The Labute approximate surface area is 164 Å². The van der Waals surface area contributed by atoms with Gasteiger partial charge in [-0.2, -0.15) is 8.62 Å². The first-order valence-corrected chi connectivity index (χ1v) is 11.9. The van der Waals surface area contributed by atoms with Gasteiger partial charge in [-0.25, -0.2) is 18.5 Å². The summed E-state index contributed by atoms with van der Waals surface area (Å²) in [5, 5.41) is 29.8. The molecule has 0 saturated carbocycles. The highest BCUT2D eigenvalue weighted by Crippen LogP contribution is 2.66. The van der Waals surface area contributed by atoms with Crippen LogP contribution in [0.15, 0.2) is 21.9 Å². The van der Waals surface area contributed by atoms with Crippen molar-refractivity contribution in [2.24, 2.45) is 0 Å². The summed E-state index contributed by atoms with van der Waals surface area (Å²) >= 11 is 0. The second kappa shape index (κ2) is 8.82. The van der Waals surface area contributed by atoms with Gasteiger partial charge in [0.1, 0.15) is 18.3 Å². The third-order valence-electron chi connectivity index (χ3n) is 3.34. The van der Waals surface area contributed by atoms with E-state index in [-0.39, 0.29) is 0 Å². The quantitative estimate of drug-likeness (QED) is 0.129. The maximum absolute atomic E-state index is 11.8. The molecule has 1 saturated heterocycles. The van der Waals surface area contributed by atoms with Crippen molar-refractivity contribution in [1.82, 2.24) is 9.55 Å². The standard InChI is InChI=1S/C9H15N2O16P3/c12-3-1-2-11(9(16)10-3)7-5(14)4(13)6(24-7)8(15)25-29(20,21)27-30(22,23)26-28(17,18)19/h1-2,4-8,13-15H,(H,20,21)(H,22,23)(H,10,12,16)(H2,17,18,19)/t4-,5+,6-,7+,8?/m0/s1. The zero-order chi connectivity index (χ0) is 23.1. The van der Waals surface area contributed by atoms with Crippen molar-refractivity contribution >= 4 is 23.5 Å². The largest absolute Gasteiger partial charge is 0.490 e. The molecule has 0 aromatic carbocycles. The molecule has 2 rings (SSSR count). The van der Waals surface area contributed by atoms with Crippen molar-refractivity contribution < 1.29 is 66.5 Å². The Kier molecular flexibility index (Phi) is 7.40. The fourth-order valence-corrected chi connectivity index (χ4v) is 5.33. The van der Waals surface area contributed by atoms with Crippen LogP contribution in [0.25, 0.3) is 0 Å². The number of H-pyrrole nitrogens is 1. The van der Waals surface area contributed by atoms with E-state index in [1.54, 1.807) is 0 Å². The van der Waals surface area contributed by atoms with Gasteiger partial charge in [-0.15, -0.1) is 0 Å². The normalized spacial score (nSPS) is 29.8. The van der Waals surface area contributed by atoms with E-state index in [9.17, 15) is 43.5 Å². The average Bonchev–Trinajstić information content (AvgIpc) is 2.79. The average molecular weight is 500 g/mol. The van der Waals surface area contributed by atoms with Crippen LogP contribution in [0.3, 0.4) is 0 Å². The summed E-state index contributed by atoms with van der Waals surface area (Å²) in [5.41, 5.74) is -1.88. The predicted molar refractivity (Wildman–Crippen MR) is 88.2 cm³/mol. The summed E-state index contributed by atoms with van der Waals surface area (Å²) in [6.45, 7) is 0. The summed E-state index contributed by atoms with van der Waals surface area (Å²) < 4.78 is 50.1. The number of aromatic amines is 1. The number of aromatic nitrogens is 2. The number of hydrogen-bond donors (Lipinski definition) is 8. The van der Waals surface area contributed by atoms with Gasteiger partial charge in [0.15, 0.2) is 12.5 Å². The highest BCUT2D eigenvalue weighted by molar-refractivity contribution is 7.66. The Morgan fingerprint density at radius 1 is 1.03 bits per heavy atom. The topological polar surface area (TPSA) is 285 Å². The number of aliphatic hydroxyl groups excluding tert-OH is 3. The highest BCUT2D eigenvalue weighted by Gasteiger charge is 2.50. The van der Waals surface area contributed by atoms with E-state index in [1.807, 2.05) is 4.98 Å². The van der Waals surface area contributed by atoms with Crippen molar-refractivity contribution in [3.63, 3.8) is 0 Å². The van der Waals surface area contributed by atoms with E-state index < -0.39 is 65.5 Å². The van der Waals surface area contributed by atoms with Crippen LogP contribution in [0.4, 0.5) is 0 Å². The molecule has 18 nitrogen and oxygen atoms in total. The lowest BCUT2D eigenvalue weighted by atomic mass is 10.1. The first kappa shape index (κ1) is 25.2. The Balaban J connectivity index is 2.14. The van der Waals surface area contributed by atoms with E-state index in [0.29, 0.717) is 4.57 Å². The Hall–Kier alpha value is -1.07. The molecule has 1 aromatic rings. The molecule has 0 radical (unpaired) electrons. The second-order valence-electron chi connectivity index (χ2n) is 5.58. The van der Waals surface area contributed by atoms with Gasteiger partial charge in [0.05, 0.1) is 0 Å². The molecule has 1 fully saturated rings. The van der Waals surface area contributed by atoms with E-state index in [2.05, 4.69) is 13.1 Å². The van der Waals surface area contributed by atoms with Crippen molar-refractivity contribution in [1.29, 1.82) is 0 Å². The molecular weight excluding hydrogens is 485 g/mol. The van der Waals surface area contributed by atoms with E-state index in [0.717, 1.165) is 12.3 Å². The summed E-state index contributed by atoms with van der Waals surface area (Å²) in [6, 6.07) is 0.861. The lowest BCUT2D eigenvalue weighted by molar-refractivity contribution is -0.161. The number of phosphoric acid groups is 3. The van der Waals surface area contributed by atoms with Crippen LogP contribution in [0.1, 0.15) is 6.23 Å². The third-order valence-corrected chi connectivity index (χ3v) is 7.15. The number of phosphoric ester groups is 1. The molecule has 7 atom stereocenters. The molecule has 0 aliphatic carbocycles. The van der Waals surface area contributed by atoms with E-state index >= 15 is 0 Å². The predicted octanol–water partition coefficient (Wildman–Crippen LogP) is -3.18. The maximum Gasteiger partial charge on any atom is 0.490 e. The Morgan fingerprint density at radius 2 is 1.63 bits per heavy atom. The lowest BCUT2D eigenvalue weighted by Gasteiger charge is -2.23. The van der Waals surface area contributed by atoms with Crippen molar-refractivity contribution in [2.45, 2.75) is 30.8 Å². The van der Waals surface area contributed by atoms with Crippen molar-refractivity contribution in [3.8, 4) is 0 Å². The fraction of sp³-hybridized carbons (Fsp3) is 0.556. The molecule has 1 aliphatic heterocycles. The summed E-state index contributed by atoms with van der Waals surface area (Å²) in [4.78, 5) is 59.9. The van der Waals surface area contributed by atoms with Gasteiger partial charge >= 0.3 is 29.2 Å². The number of hydrogen-bond acceptors (Lipinski definition) is 12.